The smallest absolute Gasteiger partial charge is 0.413 e. The number of aromatic carboxylic acids is 1. The van der Waals surface area contributed by atoms with Crippen molar-refractivity contribution < 1.29 is 91.0 Å². The molecule has 8 aromatic heterocycles. The van der Waals surface area contributed by atoms with Crippen LogP contribution in [0, 0.1) is 0 Å². The molecule has 0 unspecified atom stereocenters. The Bertz CT molecular complexity index is 4130. The van der Waals surface area contributed by atoms with Crippen LogP contribution in [0.3, 0.4) is 0 Å². The van der Waals surface area contributed by atoms with E-state index in [9.17, 15) is 52.7 Å². The molecule has 0 atom stereocenters. The summed E-state index contributed by atoms with van der Waals surface area (Å²) in [7, 11) is 3.22. The van der Waals surface area contributed by atoms with Crippen molar-refractivity contribution in [3.63, 3.8) is 0 Å². The Hall–Kier alpha value is -10.0. The summed E-state index contributed by atoms with van der Waals surface area (Å²) in [5.41, 5.74) is 5.26. The van der Waals surface area contributed by atoms with E-state index in [-0.39, 0.29) is 98.4 Å². The van der Waals surface area contributed by atoms with Crippen LogP contribution in [-0.2, 0) is 42.5 Å². The average molecular weight is 1500 g/mol. The van der Waals surface area contributed by atoms with Crippen LogP contribution in [0.2, 0.25) is 0 Å². The Balaban J connectivity index is 0.000000288. The lowest BCUT2D eigenvalue weighted by Crippen LogP contribution is -2.27. The van der Waals surface area contributed by atoms with E-state index in [0.717, 1.165) is 56.7 Å². The molecule has 528 valence electrons. The second-order valence-corrected chi connectivity index (χ2v) is 26.9. The van der Waals surface area contributed by atoms with Crippen LogP contribution in [0.25, 0.3) is 0 Å². The molecule has 0 saturated heterocycles. The fourth-order valence-electron chi connectivity index (χ4n) is 6.67. The number of carboxylic acids is 1. The predicted octanol–water partition coefficient (Wildman–Crippen LogP) is 11.4. The van der Waals surface area contributed by atoms with Crippen LogP contribution in [0.5, 0.6) is 5.19 Å². The third-order valence-electron chi connectivity index (χ3n) is 10.4. The third kappa shape index (κ3) is 26.9. The number of hydrogen-bond donors (Lipinski definition) is 8. The Morgan fingerprint density at radius 1 is 0.439 bits per heavy atom. The number of carboxylic acid groups (broad SMARTS) is 1. The molecule has 0 aliphatic rings. The van der Waals surface area contributed by atoms with Crippen molar-refractivity contribution in [3.05, 3.63) is 102 Å². The molecule has 0 aromatic carbocycles. The van der Waals surface area contributed by atoms with E-state index in [4.69, 9.17) is 44.0 Å². The lowest BCUT2D eigenvalue weighted by molar-refractivity contribution is 0.0510. The number of nitrogens with zero attached hydrogens (tertiary/aromatic N) is 8. The van der Waals surface area contributed by atoms with Crippen LogP contribution in [0.15, 0.2) is 56.8 Å². The van der Waals surface area contributed by atoms with Gasteiger partial charge in [-0.05, 0) is 95.2 Å². The fraction of sp³-hybridized carbons (Fsp3) is 0.351. The summed E-state index contributed by atoms with van der Waals surface area (Å²) in [4.78, 5) is 153. The molecule has 34 nitrogen and oxygen atoms in total. The van der Waals surface area contributed by atoms with Gasteiger partial charge in [-0.1, -0.05) is 11.3 Å². The monoisotopic (exact) mass is 1490 g/mol. The first-order chi connectivity index (χ1) is 45.4. The Labute approximate surface area is 588 Å². The minimum absolute atomic E-state index is 0. The number of anilines is 7. The van der Waals surface area contributed by atoms with Crippen LogP contribution >= 0.6 is 80.4 Å². The molecule has 41 heteroatoms. The van der Waals surface area contributed by atoms with Crippen LogP contribution in [0.1, 0.15) is 167 Å². The number of carbonyl (C=O) groups excluding carboxylic acids is 10. The lowest BCUT2D eigenvalue weighted by Gasteiger charge is -2.19. The quantitative estimate of drug-likeness (QED) is 0.0292. The summed E-state index contributed by atoms with van der Waals surface area (Å²) in [5, 5.41) is 34.1. The molecule has 0 bridgehead atoms. The number of ether oxygens (including phenoxy) is 7. The van der Waals surface area contributed by atoms with Crippen LogP contribution in [0.4, 0.5) is 51.4 Å². The van der Waals surface area contributed by atoms with E-state index in [0.29, 0.717) is 21.6 Å². The van der Waals surface area contributed by atoms with Crippen LogP contribution in [-0.4, -0.2) is 147 Å². The predicted molar refractivity (Wildman–Crippen MR) is 368 cm³/mol. The normalized spacial score (nSPS) is 10.7. The van der Waals surface area contributed by atoms with Gasteiger partial charge in [-0.2, -0.15) is 4.98 Å². The van der Waals surface area contributed by atoms with Gasteiger partial charge >= 0.3 is 48.1 Å². The van der Waals surface area contributed by atoms with Gasteiger partial charge in [0.25, 0.3) is 22.9 Å². The number of esters is 4. The van der Waals surface area contributed by atoms with Crippen molar-refractivity contribution in [2.45, 2.75) is 99.9 Å². The lowest BCUT2D eigenvalue weighted by atomic mass is 10.2. The molecular formula is C57H68ClN15O19S6. The first kappa shape index (κ1) is 80.4. The van der Waals surface area contributed by atoms with E-state index >= 15 is 0 Å². The number of hydrogen-bond acceptors (Lipinski definition) is 31. The summed E-state index contributed by atoms with van der Waals surface area (Å²) < 4.78 is 37.9. The topological polar surface area (TPSA) is 458 Å². The molecule has 8 aromatic rings. The van der Waals surface area contributed by atoms with E-state index < -0.39 is 82.7 Å². The van der Waals surface area contributed by atoms with Gasteiger partial charge < -0.3 is 53.1 Å². The summed E-state index contributed by atoms with van der Waals surface area (Å²) in [5.74, 6) is -4.97. The number of aryl methyl sites for hydroxylation is 2. The Kier molecular flexibility index (Phi) is 29.9. The fourth-order valence-corrected chi connectivity index (χ4v) is 10.5. The van der Waals surface area contributed by atoms with Crippen molar-refractivity contribution in [3.8, 4) is 5.19 Å². The van der Waals surface area contributed by atoms with Crippen molar-refractivity contribution in [1.29, 1.82) is 0 Å². The van der Waals surface area contributed by atoms with Crippen molar-refractivity contribution in [2.24, 2.45) is 14.1 Å². The largest absolute Gasteiger partial charge is 0.477 e. The Morgan fingerprint density at radius 2 is 0.765 bits per heavy atom. The first-order valence-corrected chi connectivity index (χ1v) is 33.4. The molecule has 0 aliphatic heterocycles. The van der Waals surface area contributed by atoms with E-state index in [1.165, 1.54) is 65.7 Å². The van der Waals surface area contributed by atoms with E-state index in [1.807, 2.05) is 0 Å². The molecule has 0 spiro atoms. The summed E-state index contributed by atoms with van der Waals surface area (Å²) in [6, 6.07) is 2.85. The maximum atomic E-state index is 12.7. The van der Waals surface area contributed by atoms with Crippen LogP contribution < -0.4 is 42.4 Å². The van der Waals surface area contributed by atoms with E-state index in [1.54, 1.807) is 109 Å². The van der Waals surface area contributed by atoms with Gasteiger partial charge in [-0.3, -0.25) is 46.3 Å². The third-order valence-corrected chi connectivity index (χ3v) is 14.8. The Morgan fingerprint density at radius 3 is 1.15 bits per heavy atom. The number of nitrogens with one attached hydrogen (secondary N) is 6. The number of rotatable bonds is 18. The van der Waals surface area contributed by atoms with Gasteiger partial charge in [-0.25, -0.2) is 63.3 Å². The molecule has 0 radical (unpaired) electrons. The number of amides is 6. The SMILES string of the molecule is CCOC(=O)c1csc(NC(=O)c2csc(N)n2)n1.CCOC(=O)c1csc(NC(=O)c2csc(NC(=O)OC(C)(C)C)n2)n1.CCOC(=O)c1csc(OC(=O)c2csc(NC(=O)c3cc(NC(=O)OC(C)(C)C)cn3C)n2)n1.Cl.Cn1cc(NC(=O)OC(C)(C)C)cc1C(=O)O. The molecule has 0 fully saturated rings. The number of nitrogen functional groups attached to an aromatic ring is 1. The molecule has 8 rings (SSSR count). The molecule has 6 amide bonds. The molecule has 0 saturated carbocycles. The highest BCUT2D eigenvalue weighted by Gasteiger charge is 2.25. The zero-order valence-electron chi connectivity index (χ0n) is 54.7. The van der Waals surface area contributed by atoms with Crippen molar-refractivity contribution >= 4 is 183 Å². The molecule has 0 aliphatic carbocycles. The first-order valence-electron chi connectivity index (χ1n) is 28.1. The van der Waals surface area contributed by atoms with Gasteiger partial charge in [0.05, 0.1) is 31.2 Å². The van der Waals surface area contributed by atoms with Gasteiger partial charge in [0.15, 0.2) is 48.4 Å². The summed E-state index contributed by atoms with van der Waals surface area (Å²) >= 11 is 6.47. The van der Waals surface area contributed by atoms with Gasteiger partial charge in [0.1, 0.15) is 39.6 Å². The highest BCUT2D eigenvalue weighted by Crippen LogP contribution is 2.26. The average Bonchev–Trinajstić information content (AvgIpc) is 1.72. The number of aromatic nitrogens is 8. The van der Waals surface area contributed by atoms with Gasteiger partial charge in [0, 0.05) is 58.8 Å². The maximum Gasteiger partial charge on any atom is 0.413 e. The number of halogens is 1. The molecule has 8 heterocycles. The summed E-state index contributed by atoms with van der Waals surface area (Å²) in [6.45, 7) is 21.5. The summed E-state index contributed by atoms with van der Waals surface area (Å²) in [6.07, 6.45) is 1.15. The van der Waals surface area contributed by atoms with Crippen molar-refractivity contribution in [2.75, 3.05) is 57.5 Å². The standard InChI is InChI=1S/C21H23N5O7S2.C15H18N4O5S2.C11H16N2O4.C10H10N4O3S2.ClH/c1-6-31-16(28)12-10-35-20(24-12)32-17(29)13-9-34-18(23-13)25-15(27)14-7-11(8-26(14)5)22-19(30)33-21(2,3)4;1-5-23-11(21)9-7-26-12(17-9)18-10(20)8-6-25-13(16-8)19-14(22)24-15(2,3)4;1-11(2,3)17-10(16)12-7-5-8(9(14)15)13(4)6-7;1-2-17-8(16)6-4-19-10(13-6)14-7(15)5-3-18-9(11)12-5;/h7-10H,6H2,1-5H3,(H,22,30)(H,23,25,27);6-7H,5H2,1-4H3,(H,16,19,22)(H,17,18,20);5-6H,1-4H3,(H,12,16)(H,14,15);3-4H,2H2,1H3,(H2,11,12)(H,13,14,15);1H. The zero-order chi connectivity index (χ0) is 72.1. The minimum atomic E-state index is -1.05. The number of thiazole rings is 6. The maximum absolute atomic E-state index is 12.7. The molecular weight excluding hydrogens is 1430 g/mol. The minimum Gasteiger partial charge on any atom is -0.477 e. The van der Waals surface area contributed by atoms with Gasteiger partial charge in [-0.15, -0.1) is 69.1 Å². The van der Waals surface area contributed by atoms with Gasteiger partial charge in [0.2, 0.25) is 0 Å². The van der Waals surface area contributed by atoms with E-state index in [2.05, 4.69) is 61.8 Å². The number of nitrogens with two attached hydrogens (primary N) is 1. The molecule has 9 N–H and O–H groups in total. The second-order valence-electron chi connectivity index (χ2n) is 21.8. The molecule has 98 heavy (non-hydrogen) atoms. The van der Waals surface area contributed by atoms with Crippen molar-refractivity contribution in [1.82, 2.24) is 39.0 Å². The zero-order valence-corrected chi connectivity index (χ0v) is 60.4. The second kappa shape index (κ2) is 36.4. The highest BCUT2D eigenvalue weighted by molar-refractivity contribution is 7.15. The number of carbonyl (C=O) groups is 11. The highest BCUT2D eigenvalue weighted by atomic mass is 35.5.